The summed E-state index contributed by atoms with van der Waals surface area (Å²) in [6.45, 7) is 5.05. The van der Waals surface area contributed by atoms with E-state index in [-0.39, 0.29) is 5.78 Å². The van der Waals surface area contributed by atoms with Gasteiger partial charge >= 0.3 is 5.97 Å². The third kappa shape index (κ3) is 4.31. The van der Waals surface area contributed by atoms with Crippen LogP contribution in [-0.2, 0) is 14.3 Å². The van der Waals surface area contributed by atoms with Gasteiger partial charge in [-0.3, -0.25) is 9.59 Å². The van der Waals surface area contributed by atoms with Gasteiger partial charge in [-0.05, 0) is 20.3 Å². The van der Waals surface area contributed by atoms with E-state index in [1.807, 2.05) is 6.92 Å². The molecule has 0 saturated carbocycles. The van der Waals surface area contributed by atoms with Crippen molar-refractivity contribution in [3.05, 3.63) is 0 Å². The molecule has 0 aromatic heterocycles. The Kier molecular flexibility index (Phi) is 6.97. The lowest BCUT2D eigenvalue weighted by atomic mass is 9.85. The predicted molar refractivity (Wildman–Crippen MR) is 60.9 cm³/mol. The molecule has 0 aromatic rings. The maximum absolute atomic E-state index is 11.4. The van der Waals surface area contributed by atoms with Crippen molar-refractivity contribution in [2.45, 2.75) is 46.1 Å². The largest absolute Gasteiger partial charge is 0.469 e. The maximum Gasteiger partial charge on any atom is 0.311 e. The van der Waals surface area contributed by atoms with E-state index in [0.717, 1.165) is 12.8 Å². The average Bonchev–Trinajstić information content (AvgIpc) is 2.26. The summed E-state index contributed by atoms with van der Waals surface area (Å²) in [5.74, 6) is -1.67. The molecule has 94 valence electrons. The number of aliphatic hydroxyl groups excluding tert-OH is 1. The minimum atomic E-state index is -0.948. The zero-order chi connectivity index (χ0) is 12.7. The molecule has 0 heterocycles. The standard InChI is InChI=1S/C12H22O4/c1-5-6-7-10(9(3)13)11(14)8(2)12(15)16-4/h8,10-11,14H,5-7H2,1-4H3/t8-,10-,11-/m1/s1. The summed E-state index contributed by atoms with van der Waals surface area (Å²) in [7, 11) is 1.28. The Balaban J connectivity index is 4.53. The van der Waals surface area contributed by atoms with Gasteiger partial charge in [0.25, 0.3) is 0 Å². The first-order valence-corrected chi connectivity index (χ1v) is 5.72. The second-order valence-electron chi connectivity index (χ2n) is 4.16. The van der Waals surface area contributed by atoms with Crippen LogP contribution in [-0.4, -0.2) is 30.1 Å². The SMILES string of the molecule is CCCC[C@H](C(C)=O)[C@H](O)[C@@H](C)C(=O)OC. The van der Waals surface area contributed by atoms with Crippen LogP contribution in [0.4, 0.5) is 0 Å². The molecule has 0 radical (unpaired) electrons. The molecule has 0 fully saturated rings. The molecule has 4 heteroatoms. The quantitative estimate of drug-likeness (QED) is 0.674. The number of hydrogen-bond donors (Lipinski definition) is 1. The number of unbranched alkanes of at least 4 members (excludes halogenated alkanes) is 1. The van der Waals surface area contributed by atoms with E-state index in [1.165, 1.54) is 14.0 Å². The van der Waals surface area contributed by atoms with Gasteiger partial charge in [0.15, 0.2) is 0 Å². The fraction of sp³-hybridized carbons (Fsp3) is 0.833. The van der Waals surface area contributed by atoms with Gasteiger partial charge < -0.3 is 9.84 Å². The van der Waals surface area contributed by atoms with Crippen molar-refractivity contribution in [1.82, 2.24) is 0 Å². The molecule has 4 nitrogen and oxygen atoms in total. The molecule has 0 unspecified atom stereocenters. The normalized spacial score (nSPS) is 16.3. The van der Waals surface area contributed by atoms with Crippen LogP contribution in [0.2, 0.25) is 0 Å². The van der Waals surface area contributed by atoms with Gasteiger partial charge in [-0.15, -0.1) is 0 Å². The van der Waals surface area contributed by atoms with Gasteiger partial charge in [-0.25, -0.2) is 0 Å². The number of ether oxygens (including phenoxy) is 1. The molecular formula is C12H22O4. The molecule has 16 heavy (non-hydrogen) atoms. The molecule has 0 aliphatic carbocycles. The first kappa shape index (κ1) is 15.1. The summed E-state index contributed by atoms with van der Waals surface area (Å²) >= 11 is 0. The molecule has 0 aliphatic heterocycles. The van der Waals surface area contributed by atoms with Crippen LogP contribution in [0.15, 0.2) is 0 Å². The van der Waals surface area contributed by atoms with E-state index in [0.29, 0.717) is 6.42 Å². The van der Waals surface area contributed by atoms with Crippen molar-refractivity contribution in [3.8, 4) is 0 Å². The van der Waals surface area contributed by atoms with E-state index >= 15 is 0 Å². The number of methoxy groups -OCH3 is 1. The van der Waals surface area contributed by atoms with Crippen molar-refractivity contribution in [1.29, 1.82) is 0 Å². The summed E-state index contributed by atoms with van der Waals surface area (Å²) < 4.78 is 4.56. The van der Waals surface area contributed by atoms with Gasteiger partial charge in [0.1, 0.15) is 5.78 Å². The fourth-order valence-electron chi connectivity index (χ4n) is 1.71. The lowest BCUT2D eigenvalue weighted by Crippen LogP contribution is -2.36. The number of esters is 1. The summed E-state index contributed by atoms with van der Waals surface area (Å²) in [5, 5.41) is 9.95. The first-order valence-electron chi connectivity index (χ1n) is 5.72. The Bertz CT molecular complexity index is 237. The number of carbonyl (C=O) groups is 2. The molecule has 0 spiro atoms. The molecule has 0 saturated heterocycles. The highest BCUT2D eigenvalue weighted by Gasteiger charge is 2.32. The fourth-order valence-corrected chi connectivity index (χ4v) is 1.71. The van der Waals surface area contributed by atoms with Crippen molar-refractivity contribution in [2.24, 2.45) is 11.8 Å². The smallest absolute Gasteiger partial charge is 0.311 e. The number of Topliss-reactive ketones (excluding diaryl/α,β-unsaturated/α-hetero) is 1. The number of ketones is 1. The number of hydrogen-bond acceptors (Lipinski definition) is 4. The molecule has 0 aromatic carbocycles. The molecule has 1 N–H and O–H groups in total. The third-order valence-electron chi connectivity index (χ3n) is 2.89. The van der Waals surface area contributed by atoms with Crippen LogP contribution in [0.25, 0.3) is 0 Å². The topological polar surface area (TPSA) is 63.6 Å². The van der Waals surface area contributed by atoms with E-state index in [9.17, 15) is 14.7 Å². The van der Waals surface area contributed by atoms with Crippen LogP contribution >= 0.6 is 0 Å². The highest BCUT2D eigenvalue weighted by Crippen LogP contribution is 2.21. The second-order valence-corrected chi connectivity index (χ2v) is 4.16. The Morgan fingerprint density at radius 3 is 2.31 bits per heavy atom. The summed E-state index contributed by atoms with van der Waals surface area (Å²) in [6.07, 6.45) is 1.50. The zero-order valence-electron chi connectivity index (χ0n) is 10.5. The van der Waals surface area contributed by atoms with Gasteiger partial charge in [-0.2, -0.15) is 0 Å². The van der Waals surface area contributed by atoms with Crippen LogP contribution in [0, 0.1) is 11.8 Å². The van der Waals surface area contributed by atoms with E-state index in [4.69, 9.17) is 0 Å². The summed E-state index contributed by atoms with van der Waals surface area (Å²) in [6, 6.07) is 0. The Labute approximate surface area is 97.0 Å². The van der Waals surface area contributed by atoms with Crippen LogP contribution in [0.5, 0.6) is 0 Å². The predicted octanol–water partition coefficient (Wildman–Crippen LogP) is 1.55. The van der Waals surface area contributed by atoms with Gasteiger partial charge in [0.05, 0.1) is 19.1 Å². The Morgan fingerprint density at radius 1 is 1.38 bits per heavy atom. The molecule has 3 atom stereocenters. The van der Waals surface area contributed by atoms with Crippen molar-refractivity contribution >= 4 is 11.8 Å². The Morgan fingerprint density at radius 2 is 1.94 bits per heavy atom. The van der Waals surface area contributed by atoms with Crippen LogP contribution < -0.4 is 0 Å². The monoisotopic (exact) mass is 230 g/mol. The highest BCUT2D eigenvalue weighted by molar-refractivity contribution is 5.80. The van der Waals surface area contributed by atoms with Crippen molar-refractivity contribution in [2.75, 3.05) is 7.11 Å². The molecule has 0 aliphatic rings. The van der Waals surface area contributed by atoms with Gasteiger partial charge in [0.2, 0.25) is 0 Å². The van der Waals surface area contributed by atoms with Gasteiger partial charge in [0, 0.05) is 5.92 Å². The number of carbonyl (C=O) groups excluding carboxylic acids is 2. The van der Waals surface area contributed by atoms with E-state index in [1.54, 1.807) is 6.92 Å². The van der Waals surface area contributed by atoms with Crippen LogP contribution in [0.3, 0.4) is 0 Å². The minimum absolute atomic E-state index is 0.0725. The van der Waals surface area contributed by atoms with Crippen LogP contribution in [0.1, 0.15) is 40.0 Å². The highest BCUT2D eigenvalue weighted by atomic mass is 16.5. The lowest BCUT2D eigenvalue weighted by Gasteiger charge is -2.24. The number of aliphatic hydroxyl groups is 1. The Hall–Kier alpha value is -0.900. The minimum Gasteiger partial charge on any atom is -0.469 e. The summed E-state index contributed by atoms with van der Waals surface area (Å²) in [4.78, 5) is 22.7. The lowest BCUT2D eigenvalue weighted by molar-refractivity contribution is -0.150. The van der Waals surface area contributed by atoms with E-state index in [2.05, 4.69) is 4.74 Å². The average molecular weight is 230 g/mol. The summed E-state index contributed by atoms with van der Waals surface area (Å²) in [5.41, 5.74) is 0. The third-order valence-corrected chi connectivity index (χ3v) is 2.89. The zero-order valence-corrected chi connectivity index (χ0v) is 10.5. The maximum atomic E-state index is 11.4. The van der Waals surface area contributed by atoms with Gasteiger partial charge in [-0.1, -0.05) is 19.8 Å². The number of rotatable bonds is 7. The molecule has 0 amide bonds. The van der Waals surface area contributed by atoms with Crippen molar-refractivity contribution in [3.63, 3.8) is 0 Å². The van der Waals surface area contributed by atoms with Crippen molar-refractivity contribution < 1.29 is 19.4 Å². The second kappa shape index (κ2) is 7.39. The molecule has 0 bridgehead atoms. The molecule has 0 rings (SSSR count). The first-order chi connectivity index (χ1) is 7.45. The van der Waals surface area contributed by atoms with E-state index < -0.39 is 23.9 Å². The molecular weight excluding hydrogens is 208 g/mol.